The van der Waals surface area contributed by atoms with Crippen molar-refractivity contribution in [3.05, 3.63) is 33.8 Å². The van der Waals surface area contributed by atoms with Crippen molar-refractivity contribution in [1.29, 1.82) is 5.26 Å². The summed E-state index contributed by atoms with van der Waals surface area (Å²) < 4.78 is 0. The molecule has 0 spiro atoms. The van der Waals surface area contributed by atoms with Crippen LogP contribution < -0.4 is 0 Å². The summed E-state index contributed by atoms with van der Waals surface area (Å²) in [5, 5.41) is 20.7. The van der Waals surface area contributed by atoms with E-state index in [1.165, 1.54) is 0 Å². The minimum absolute atomic E-state index is 0.423. The van der Waals surface area contributed by atoms with Crippen LogP contribution >= 0.6 is 23.2 Å². The lowest BCUT2D eigenvalue weighted by Crippen LogP contribution is -2.24. The van der Waals surface area contributed by atoms with E-state index < -0.39 is 11.5 Å². The number of aliphatic hydroxyl groups excluding tert-OH is 1. The van der Waals surface area contributed by atoms with E-state index in [1.807, 2.05) is 0 Å². The maximum absolute atomic E-state index is 10.4. The van der Waals surface area contributed by atoms with Gasteiger partial charge in [-0.2, -0.15) is 5.26 Å². The molecule has 90 valence electrons. The fraction of sp³-hybridized carbons (Fsp3) is 0.462. The predicted octanol–water partition coefficient (Wildman–Crippen LogP) is 4.11. The first-order chi connectivity index (χ1) is 8.09. The average Bonchev–Trinajstić information content (AvgIpc) is 2.78. The Morgan fingerprint density at radius 3 is 2.47 bits per heavy atom. The van der Waals surface area contributed by atoms with E-state index in [4.69, 9.17) is 23.2 Å². The van der Waals surface area contributed by atoms with E-state index in [9.17, 15) is 10.4 Å². The van der Waals surface area contributed by atoms with Gasteiger partial charge in [0.1, 0.15) is 0 Å². The Bertz CT molecular complexity index is 461. The van der Waals surface area contributed by atoms with Crippen molar-refractivity contribution < 1.29 is 5.11 Å². The van der Waals surface area contributed by atoms with E-state index in [-0.39, 0.29) is 0 Å². The maximum atomic E-state index is 10.4. The standard InChI is InChI=1S/C13H13Cl2NO/c14-9-3-4-10(11(15)7-9)12(17)13(8-16)5-1-2-6-13/h3-4,7,12,17H,1-2,5-6H2. The lowest BCUT2D eigenvalue weighted by atomic mass is 9.79. The van der Waals surface area contributed by atoms with E-state index in [0.29, 0.717) is 15.6 Å². The second kappa shape index (κ2) is 4.86. The fourth-order valence-corrected chi connectivity index (χ4v) is 2.99. The molecule has 0 saturated heterocycles. The molecule has 1 N–H and O–H groups in total. The van der Waals surface area contributed by atoms with Crippen LogP contribution in [0.15, 0.2) is 18.2 Å². The number of nitriles is 1. The summed E-state index contributed by atoms with van der Waals surface area (Å²) in [4.78, 5) is 0. The maximum Gasteiger partial charge on any atom is 0.0990 e. The molecule has 1 aliphatic rings. The zero-order valence-electron chi connectivity index (χ0n) is 9.29. The molecule has 0 heterocycles. The molecule has 0 amide bonds. The normalized spacial score (nSPS) is 19.9. The Labute approximate surface area is 111 Å². The van der Waals surface area contributed by atoms with Crippen LogP contribution in [0.1, 0.15) is 37.4 Å². The molecule has 1 aliphatic carbocycles. The van der Waals surface area contributed by atoms with Gasteiger partial charge < -0.3 is 5.11 Å². The van der Waals surface area contributed by atoms with Crippen LogP contribution in [0.3, 0.4) is 0 Å². The SMILES string of the molecule is N#CC1(C(O)c2ccc(Cl)cc2Cl)CCCC1. The quantitative estimate of drug-likeness (QED) is 0.878. The highest BCUT2D eigenvalue weighted by Gasteiger charge is 2.42. The van der Waals surface area contributed by atoms with Gasteiger partial charge in [-0.3, -0.25) is 0 Å². The first-order valence-electron chi connectivity index (χ1n) is 5.63. The van der Waals surface area contributed by atoms with Crippen molar-refractivity contribution in [3.8, 4) is 6.07 Å². The molecule has 1 saturated carbocycles. The number of rotatable bonds is 2. The predicted molar refractivity (Wildman–Crippen MR) is 67.9 cm³/mol. The number of hydrogen-bond acceptors (Lipinski definition) is 2. The molecule has 17 heavy (non-hydrogen) atoms. The van der Waals surface area contributed by atoms with Gasteiger partial charge in [-0.15, -0.1) is 0 Å². The fourth-order valence-electron chi connectivity index (χ4n) is 2.47. The van der Waals surface area contributed by atoms with Crippen molar-refractivity contribution in [2.45, 2.75) is 31.8 Å². The van der Waals surface area contributed by atoms with Crippen LogP contribution in [0.2, 0.25) is 10.0 Å². The zero-order valence-corrected chi connectivity index (χ0v) is 10.8. The monoisotopic (exact) mass is 269 g/mol. The highest BCUT2D eigenvalue weighted by molar-refractivity contribution is 6.35. The number of nitrogens with zero attached hydrogens (tertiary/aromatic N) is 1. The van der Waals surface area contributed by atoms with Crippen molar-refractivity contribution in [3.63, 3.8) is 0 Å². The number of aliphatic hydroxyl groups is 1. The van der Waals surface area contributed by atoms with Gasteiger partial charge in [-0.05, 0) is 25.0 Å². The van der Waals surface area contributed by atoms with E-state index in [0.717, 1.165) is 25.7 Å². The Hall–Kier alpha value is -0.750. The van der Waals surface area contributed by atoms with Crippen LogP contribution in [-0.2, 0) is 0 Å². The number of benzene rings is 1. The molecule has 2 nitrogen and oxygen atoms in total. The zero-order chi connectivity index (χ0) is 12.5. The first kappa shape index (κ1) is 12.7. The minimum atomic E-state index is -0.834. The van der Waals surface area contributed by atoms with Crippen molar-refractivity contribution >= 4 is 23.2 Å². The van der Waals surface area contributed by atoms with Crippen molar-refractivity contribution in [2.75, 3.05) is 0 Å². The van der Waals surface area contributed by atoms with Crippen LogP contribution in [0.5, 0.6) is 0 Å². The van der Waals surface area contributed by atoms with Gasteiger partial charge in [0, 0.05) is 15.6 Å². The molecule has 1 fully saturated rings. The third kappa shape index (κ3) is 2.28. The van der Waals surface area contributed by atoms with Crippen molar-refractivity contribution in [2.24, 2.45) is 5.41 Å². The van der Waals surface area contributed by atoms with Crippen LogP contribution in [0.4, 0.5) is 0 Å². The summed E-state index contributed by atoms with van der Waals surface area (Å²) in [5.41, 5.74) is -0.0863. The second-order valence-electron chi connectivity index (χ2n) is 4.54. The summed E-state index contributed by atoms with van der Waals surface area (Å²) in [6.07, 6.45) is 2.58. The van der Waals surface area contributed by atoms with Gasteiger partial charge in [0.25, 0.3) is 0 Å². The van der Waals surface area contributed by atoms with Crippen molar-refractivity contribution in [1.82, 2.24) is 0 Å². The van der Waals surface area contributed by atoms with E-state index in [1.54, 1.807) is 18.2 Å². The molecule has 0 bridgehead atoms. The summed E-state index contributed by atoms with van der Waals surface area (Å²) in [5.74, 6) is 0. The molecule has 1 aromatic rings. The van der Waals surface area contributed by atoms with E-state index >= 15 is 0 Å². The lowest BCUT2D eigenvalue weighted by molar-refractivity contribution is 0.0672. The Morgan fingerprint density at radius 1 is 1.29 bits per heavy atom. The van der Waals surface area contributed by atoms with Gasteiger partial charge in [0.2, 0.25) is 0 Å². The smallest absolute Gasteiger partial charge is 0.0990 e. The molecule has 0 radical (unpaired) electrons. The number of halogens is 2. The molecule has 0 aromatic heterocycles. The summed E-state index contributed by atoms with van der Waals surface area (Å²) >= 11 is 11.9. The second-order valence-corrected chi connectivity index (χ2v) is 5.39. The minimum Gasteiger partial charge on any atom is -0.387 e. The molecule has 2 rings (SSSR count). The van der Waals surface area contributed by atoms with Crippen LogP contribution in [-0.4, -0.2) is 5.11 Å². The molecule has 1 aromatic carbocycles. The van der Waals surface area contributed by atoms with Crippen LogP contribution in [0.25, 0.3) is 0 Å². The highest BCUT2D eigenvalue weighted by Crippen LogP contribution is 2.48. The molecule has 0 aliphatic heterocycles. The molecular formula is C13H13Cl2NO. The Morgan fingerprint density at radius 2 is 1.94 bits per heavy atom. The number of hydrogen-bond donors (Lipinski definition) is 1. The van der Waals surface area contributed by atoms with E-state index in [2.05, 4.69) is 6.07 Å². The average molecular weight is 270 g/mol. The van der Waals surface area contributed by atoms with Gasteiger partial charge in [0.15, 0.2) is 0 Å². The lowest BCUT2D eigenvalue weighted by Gasteiger charge is -2.27. The molecule has 1 atom stereocenters. The highest BCUT2D eigenvalue weighted by atomic mass is 35.5. The topological polar surface area (TPSA) is 44.0 Å². The Kier molecular flexibility index (Phi) is 3.63. The first-order valence-corrected chi connectivity index (χ1v) is 6.39. The Balaban J connectivity index is 2.36. The van der Waals surface area contributed by atoms with Gasteiger partial charge in [-0.25, -0.2) is 0 Å². The third-order valence-electron chi connectivity index (χ3n) is 3.50. The van der Waals surface area contributed by atoms with Crippen LogP contribution in [0, 0.1) is 16.7 Å². The van der Waals surface area contributed by atoms with Gasteiger partial charge in [-0.1, -0.05) is 42.1 Å². The molecule has 4 heteroatoms. The molecular weight excluding hydrogens is 257 g/mol. The summed E-state index contributed by atoms with van der Waals surface area (Å²) in [6, 6.07) is 7.26. The summed E-state index contributed by atoms with van der Waals surface area (Å²) in [6.45, 7) is 0. The van der Waals surface area contributed by atoms with Gasteiger partial charge >= 0.3 is 0 Å². The largest absolute Gasteiger partial charge is 0.387 e. The third-order valence-corrected chi connectivity index (χ3v) is 4.06. The molecule has 1 unspecified atom stereocenters. The van der Waals surface area contributed by atoms with Gasteiger partial charge in [0.05, 0.1) is 17.6 Å². The summed E-state index contributed by atoms with van der Waals surface area (Å²) in [7, 11) is 0.